The Balaban J connectivity index is 4.77. The summed E-state index contributed by atoms with van der Waals surface area (Å²) in [6, 6.07) is 0. The maximum atomic E-state index is 14.3. The van der Waals surface area contributed by atoms with Gasteiger partial charge in [-0.15, -0.1) is 0 Å². The number of carbonyl (C=O) groups is 2. The molecule has 5 atom stereocenters. The number of rotatable bonds is 41. The summed E-state index contributed by atoms with van der Waals surface area (Å²) in [7, 11) is 0. The fourth-order valence-corrected chi connectivity index (χ4v) is 7.24. The van der Waals surface area contributed by atoms with Crippen molar-refractivity contribution in [1.29, 1.82) is 0 Å². The van der Waals surface area contributed by atoms with Gasteiger partial charge in [-0.1, -0.05) is 89.9 Å². The molecule has 0 aromatic carbocycles. The Morgan fingerprint density at radius 2 is 0.553 bits per heavy atom. The first-order valence-electron chi connectivity index (χ1n) is 24.9. The lowest BCUT2D eigenvalue weighted by atomic mass is 9.87. The van der Waals surface area contributed by atoms with E-state index in [0.717, 1.165) is 0 Å². The van der Waals surface area contributed by atoms with E-state index in [0.29, 0.717) is 0 Å². The highest BCUT2D eigenvalue weighted by molar-refractivity contribution is 5.83. The predicted octanol–water partition coefficient (Wildman–Crippen LogP) is 15.8. The van der Waals surface area contributed by atoms with Crippen LogP contribution in [-0.4, -0.2) is 158 Å². The van der Waals surface area contributed by atoms with Crippen LogP contribution in [0.3, 0.4) is 0 Å². The first-order chi connectivity index (χ1) is 38.1. The molecule has 0 amide bonds. The van der Waals surface area contributed by atoms with Crippen molar-refractivity contribution in [2.75, 3.05) is 6.61 Å². The lowest BCUT2D eigenvalue weighted by molar-refractivity contribution is -0.461. The van der Waals surface area contributed by atoms with E-state index in [2.05, 4.69) is 0 Å². The molecule has 0 spiro atoms. The van der Waals surface area contributed by atoms with Crippen LogP contribution in [0, 0.1) is 0 Å². The predicted molar refractivity (Wildman–Crippen MR) is 218 cm³/mol. The molecule has 0 aliphatic carbocycles. The van der Waals surface area contributed by atoms with Crippen molar-refractivity contribution in [2.24, 2.45) is 0 Å². The minimum Gasteiger partial charge on any atom is -0.464 e. The van der Waals surface area contributed by atoms with Gasteiger partial charge in [0, 0.05) is 20.6 Å². The number of aliphatic hydroxyl groups excluding tert-OH is 4. The third kappa shape index (κ3) is 16.5. The Bertz CT molecular complexity index is 2120. The summed E-state index contributed by atoms with van der Waals surface area (Å²) in [5.41, 5.74) is 0. The Kier molecular flexibility index (Phi) is 26.8. The lowest BCUT2D eigenvalue weighted by Crippen LogP contribution is -2.74. The Hall–Kier alpha value is -3.40. The van der Waals surface area contributed by atoms with Gasteiger partial charge in [0.2, 0.25) is 0 Å². The molecule has 0 aromatic heterocycles. The molecule has 0 aliphatic heterocycles. The van der Waals surface area contributed by atoms with Gasteiger partial charge in [-0.3, -0.25) is 4.79 Å². The summed E-state index contributed by atoms with van der Waals surface area (Å²) >= 11 is 0. The van der Waals surface area contributed by atoms with Crippen LogP contribution in [-0.2, 0) is 14.3 Å². The van der Waals surface area contributed by atoms with Gasteiger partial charge in [0.1, 0.15) is 18.3 Å². The molecule has 0 bridgehead atoms. The molecular weight excluding hydrogens is 1290 g/mol. The largest absolute Gasteiger partial charge is 0.464 e. The average molecular weight is 1340 g/mol. The van der Waals surface area contributed by atoms with Crippen LogP contribution < -0.4 is 0 Å². The SMILES string of the molecule is [2H]C(CCCCCCCCCCC(=O)[C@H](O)[C@@H](O)[C@@H](O)[C@H](O)C(=O)OCCCCCCCCCCCC(F)(F)C(F)(F)C(F)(F)C(F)(F)C(F)(F)C(F)(F)C(F)(F)C(F)(F)F)C(F)(F)C(F)(F)C(F)(F)C(F)(F)C(F)(F)C(F)(F)C(F)(F)C(F)(F)F. The van der Waals surface area contributed by atoms with Crippen molar-refractivity contribution in [3.8, 4) is 0 Å². The molecule has 4 N–H and O–H groups in total. The van der Waals surface area contributed by atoms with Crippen LogP contribution in [0.15, 0.2) is 0 Å². The van der Waals surface area contributed by atoms with E-state index in [9.17, 15) is 179 Å². The van der Waals surface area contributed by atoms with Gasteiger partial charge in [-0.2, -0.15) is 149 Å². The highest BCUT2D eigenvalue weighted by atomic mass is 19.4. The fourth-order valence-electron chi connectivity index (χ4n) is 7.24. The normalized spacial score (nSPS) is 17.1. The van der Waals surface area contributed by atoms with Crippen molar-refractivity contribution < 1.29 is 185 Å². The van der Waals surface area contributed by atoms with E-state index < -0.39 is 183 Å². The molecule has 85 heavy (non-hydrogen) atoms. The molecule has 0 rings (SSSR count). The highest BCUT2D eigenvalue weighted by Crippen LogP contribution is 2.66. The molecule has 7 nitrogen and oxygen atoms in total. The number of carbonyl (C=O) groups excluding carboxylic acids is 2. The maximum absolute atomic E-state index is 14.3. The van der Waals surface area contributed by atoms with Crippen molar-refractivity contribution in [2.45, 2.75) is 254 Å². The summed E-state index contributed by atoms with van der Waals surface area (Å²) in [5.74, 6) is -118. The lowest BCUT2D eigenvalue weighted by Gasteiger charge is -2.42. The minimum atomic E-state index is -8.80. The van der Waals surface area contributed by atoms with E-state index in [1.807, 2.05) is 0 Å². The average Bonchev–Trinajstić information content (AvgIpc) is 0.715. The molecule has 0 aliphatic rings. The summed E-state index contributed by atoms with van der Waals surface area (Å²) in [5, 5.41) is 40.3. The number of aliphatic hydroxyl groups is 4. The van der Waals surface area contributed by atoms with E-state index >= 15 is 0 Å². The van der Waals surface area contributed by atoms with Crippen LogP contribution in [0.25, 0.3) is 0 Å². The topological polar surface area (TPSA) is 124 Å². The molecule has 41 heteroatoms. The summed E-state index contributed by atoms with van der Waals surface area (Å²) in [6.07, 6.45) is -36.2. The Morgan fingerprint density at radius 1 is 0.306 bits per heavy atom. The number of unbranched alkanes of at least 4 members (excludes halogenated alkanes) is 15. The zero-order valence-electron chi connectivity index (χ0n) is 43.6. The van der Waals surface area contributed by atoms with Crippen LogP contribution in [0.2, 0.25) is 0 Å². The Labute approximate surface area is 458 Å². The molecule has 0 radical (unpaired) electrons. The van der Waals surface area contributed by atoms with Crippen molar-refractivity contribution in [3.05, 3.63) is 0 Å². The summed E-state index contributed by atoms with van der Waals surface area (Å²) in [4.78, 5) is 24.5. The molecule has 0 aromatic rings. The molecular formula is C44H52F34O7. The molecule has 1 unspecified atom stereocenters. The number of hydrogen-bond donors (Lipinski definition) is 4. The number of ketones is 1. The maximum Gasteiger partial charge on any atom is 0.460 e. The van der Waals surface area contributed by atoms with E-state index in [1.165, 1.54) is 0 Å². The molecule has 0 saturated heterocycles. The second-order valence-electron chi connectivity index (χ2n) is 19.2. The smallest absolute Gasteiger partial charge is 0.460 e. The van der Waals surface area contributed by atoms with E-state index in [4.69, 9.17) is 6.11 Å². The minimum absolute atomic E-state index is 0.0182. The van der Waals surface area contributed by atoms with Crippen molar-refractivity contribution in [3.63, 3.8) is 0 Å². The third-order valence-electron chi connectivity index (χ3n) is 12.8. The first-order valence-corrected chi connectivity index (χ1v) is 24.3. The van der Waals surface area contributed by atoms with Crippen LogP contribution in [0.4, 0.5) is 149 Å². The van der Waals surface area contributed by atoms with Crippen LogP contribution in [0.1, 0.15) is 136 Å². The first kappa shape index (κ1) is 79.6. The zero-order valence-corrected chi connectivity index (χ0v) is 42.6. The van der Waals surface area contributed by atoms with Crippen molar-refractivity contribution >= 4 is 11.8 Å². The second kappa shape index (κ2) is 28.6. The summed E-state index contributed by atoms with van der Waals surface area (Å²) in [6.45, 7) is -0.478. The van der Waals surface area contributed by atoms with Gasteiger partial charge in [0.05, 0.1) is 6.61 Å². The number of alkyl halides is 34. The fraction of sp³-hybridized carbons (Fsp3) is 0.955. The number of esters is 1. The monoisotopic (exact) mass is 1340 g/mol. The van der Waals surface area contributed by atoms with Crippen LogP contribution in [0.5, 0.6) is 0 Å². The third-order valence-corrected chi connectivity index (χ3v) is 12.8. The quantitative estimate of drug-likeness (QED) is 0.0273. The van der Waals surface area contributed by atoms with Crippen LogP contribution >= 0.6 is 0 Å². The molecule has 0 saturated carbocycles. The molecule has 508 valence electrons. The van der Waals surface area contributed by atoms with Gasteiger partial charge < -0.3 is 25.2 Å². The van der Waals surface area contributed by atoms with Gasteiger partial charge in [-0.05, 0) is 25.7 Å². The molecule has 0 fully saturated rings. The summed E-state index contributed by atoms with van der Waals surface area (Å²) < 4.78 is 469. The van der Waals surface area contributed by atoms with Crippen molar-refractivity contribution in [1.82, 2.24) is 0 Å². The number of halogens is 34. The van der Waals surface area contributed by atoms with E-state index in [1.54, 1.807) is 0 Å². The zero-order chi connectivity index (χ0) is 68.6. The van der Waals surface area contributed by atoms with Gasteiger partial charge in [0.15, 0.2) is 11.9 Å². The van der Waals surface area contributed by atoms with Gasteiger partial charge in [-0.25, -0.2) is 4.79 Å². The molecule has 0 heterocycles. The van der Waals surface area contributed by atoms with E-state index in [-0.39, 0.29) is 89.9 Å². The standard InChI is InChI=1S/C44H52F34O7/c45-29(46,31(49,50)33(53,54)35(57,58)37(61,62)39(65,66)41(69,70)43(73,74)75)20-16-12-8-4-1-3-7-11-15-19-23(79)24(80)25(81)26(82)27(83)28(84)85-22-18-14-10-6-2-5-9-13-17-21-30(47,48)32(51,52)34(55,56)36(59,60)38(63,64)40(67,68)42(71,72)44(76,77)78/h24-27,80-83H,1-22H2/t24-,25+,26+,27-/m0/s1/i20D/t20?,24-,25+,26+,27-. The number of Topliss-reactive ketones (excluding diaryl/α,β-unsaturated/α-hetero) is 1. The highest BCUT2D eigenvalue weighted by Gasteiger charge is 2.97. The van der Waals surface area contributed by atoms with Gasteiger partial charge >= 0.3 is 101 Å². The second-order valence-corrected chi connectivity index (χ2v) is 19.2. The van der Waals surface area contributed by atoms with Gasteiger partial charge in [0.25, 0.3) is 0 Å². The number of hydrogen-bond acceptors (Lipinski definition) is 7. The number of ether oxygens (including phenoxy) is 1. The Morgan fingerprint density at radius 3 is 0.882 bits per heavy atom.